The van der Waals surface area contributed by atoms with Crippen molar-refractivity contribution in [3.05, 3.63) is 53.6 Å². The average molecular weight is 257 g/mol. The number of methoxy groups -OCH3 is 1. The Labute approximate surface area is 114 Å². The summed E-state index contributed by atoms with van der Waals surface area (Å²) in [5.74, 6) is -0.299. The van der Waals surface area contributed by atoms with Gasteiger partial charge in [-0.3, -0.25) is 0 Å². The molecule has 2 rings (SSSR count). The van der Waals surface area contributed by atoms with Gasteiger partial charge in [0.15, 0.2) is 0 Å². The Morgan fingerprint density at radius 3 is 2.58 bits per heavy atom. The Morgan fingerprint density at radius 1 is 1.26 bits per heavy atom. The third-order valence-electron chi connectivity index (χ3n) is 3.22. The first kappa shape index (κ1) is 13.4. The second-order valence-electron chi connectivity index (χ2n) is 4.65. The van der Waals surface area contributed by atoms with Crippen LogP contribution in [0, 0.1) is 0 Å². The third kappa shape index (κ3) is 3.47. The van der Waals surface area contributed by atoms with Crippen LogP contribution in [-0.4, -0.2) is 26.7 Å². The molecule has 100 valence electrons. The van der Waals surface area contributed by atoms with Crippen molar-refractivity contribution in [2.45, 2.75) is 12.8 Å². The van der Waals surface area contributed by atoms with Crippen molar-refractivity contribution in [2.75, 3.05) is 25.6 Å². The number of likely N-dealkylation sites (N-methyl/N-ethyl adjacent to an activating group) is 1. The number of ether oxygens (including phenoxy) is 1. The maximum absolute atomic E-state index is 11.4. The zero-order chi connectivity index (χ0) is 13.7. The second-order valence-corrected chi connectivity index (χ2v) is 4.65. The third-order valence-corrected chi connectivity index (χ3v) is 3.22. The molecular formula is C16H19NO2. The monoisotopic (exact) mass is 257 g/mol. The van der Waals surface area contributed by atoms with Gasteiger partial charge in [0.25, 0.3) is 0 Å². The van der Waals surface area contributed by atoms with E-state index in [0.29, 0.717) is 5.56 Å². The smallest absolute Gasteiger partial charge is 0.337 e. The van der Waals surface area contributed by atoms with Gasteiger partial charge >= 0.3 is 5.97 Å². The lowest BCUT2D eigenvalue weighted by molar-refractivity contribution is 0.0601. The van der Waals surface area contributed by atoms with E-state index in [9.17, 15) is 4.79 Å². The topological polar surface area (TPSA) is 29.5 Å². The lowest BCUT2D eigenvalue weighted by Gasteiger charge is -2.21. The van der Waals surface area contributed by atoms with Crippen molar-refractivity contribution in [1.82, 2.24) is 0 Å². The summed E-state index contributed by atoms with van der Waals surface area (Å²) in [6.45, 7) is 0.883. The quantitative estimate of drug-likeness (QED) is 0.776. The number of rotatable bonds is 4. The fourth-order valence-corrected chi connectivity index (χ4v) is 2.12. The SMILES string of the molecule is COC(=O)c1ccc(N(C)CC2=CCCC=C2)cc1. The molecule has 0 saturated carbocycles. The largest absolute Gasteiger partial charge is 0.465 e. The van der Waals surface area contributed by atoms with E-state index in [0.717, 1.165) is 25.1 Å². The predicted octanol–water partition coefficient (Wildman–Crippen LogP) is 3.19. The first-order chi connectivity index (χ1) is 9.20. The lowest BCUT2D eigenvalue weighted by atomic mass is 10.1. The van der Waals surface area contributed by atoms with E-state index in [1.165, 1.54) is 12.7 Å². The van der Waals surface area contributed by atoms with Gasteiger partial charge < -0.3 is 9.64 Å². The van der Waals surface area contributed by atoms with Gasteiger partial charge in [0.1, 0.15) is 0 Å². The lowest BCUT2D eigenvalue weighted by Crippen LogP contribution is -2.20. The first-order valence-electron chi connectivity index (χ1n) is 6.46. The number of carbonyl (C=O) groups excluding carboxylic acids is 1. The minimum Gasteiger partial charge on any atom is -0.465 e. The van der Waals surface area contributed by atoms with Crippen LogP contribution in [0.2, 0.25) is 0 Å². The van der Waals surface area contributed by atoms with Crippen LogP contribution >= 0.6 is 0 Å². The van der Waals surface area contributed by atoms with Crippen LogP contribution in [0.5, 0.6) is 0 Å². The maximum atomic E-state index is 11.4. The number of anilines is 1. The van der Waals surface area contributed by atoms with E-state index >= 15 is 0 Å². The minimum atomic E-state index is -0.299. The molecule has 0 unspecified atom stereocenters. The zero-order valence-electron chi connectivity index (χ0n) is 11.4. The highest BCUT2D eigenvalue weighted by atomic mass is 16.5. The molecule has 0 bridgehead atoms. The molecule has 0 N–H and O–H groups in total. The normalized spacial score (nSPS) is 13.9. The van der Waals surface area contributed by atoms with Crippen LogP contribution in [-0.2, 0) is 4.74 Å². The number of carbonyl (C=O) groups is 1. The molecule has 0 aromatic heterocycles. The van der Waals surface area contributed by atoms with Crippen molar-refractivity contribution in [3.8, 4) is 0 Å². The molecule has 3 nitrogen and oxygen atoms in total. The molecule has 1 aromatic rings. The van der Waals surface area contributed by atoms with Gasteiger partial charge in [-0.2, -0.15) is 0 Å². The molecule has 1 aromatic carbocycles. The summed E-state index contributed by atoms with van der Waals surface area (Å²) in [4.78, 5) is 13.5. The molecule has 0 spiro atoms. The predicted molar refractivity (Wildman–Crippen MR) is 77.5 cm³/mol. The van der Waals surface area contributed by atoms with Crippen molar-refractivity contribution < 1.29 is 9.53 Å². The van der Waals surface area contributed by atoms with E-state index in [1.54, 1.807) is 12.1 Å². The van der Waals surface area contributed by atoms with Crippen molar-refractivity contribution >= 4 is 11.7 Å². The van der Waals surface area contributed by atoms with E-state index in [2.05, 4.69) is 34.9 Å². The molecule has 0 saturated heterocycles. The maximum Gasteiger partial charge on any atom is 0.337 e. The number of hydrogen-bond donors (Lipinski definition) is 0. The molecule has 0 radical (unpaired) electrons. The Bertz CT molecular complexity index is 500. The second kappa shape index (κ2) is 6.23. The Morgan fingerprint density at radius 2 is 2.00 bits per heavy atom. The highest BCUT2D eigenvalue weighted by Crippen LogP contribution is 2.17. The molecule has 0 fully saturated rings. The van der Waals surface area contributed by atoms with Crippen LogP contribution < -0.4 is 4.90 Å². The van der Waals surface area contributed by atoms with Crippen molar-refractivity contribution in [3.63, 3.8) is 0 Å². The first-order valence-corrected chi connectivity index (χ1v) is 6.46. The van der Waals surface area contributed by atoms with Gasteiger partial charge in [0, 0.05) is 19.3 Å². The summed E-state index contributed by atoms with van der Waals surface area (Å²) in [5.41, 5.74) is 3.01. The Hall–Kier alpha value is -2.03. The van der Waals surface area contributed by atoms with Gasteiger partial charge in [-0.05, 0) is 42.7 Å². The van der Waals surface area contributed by atoms with Crippen LogP contribution in [0.15, 0.2) is 48.1 Å². The Balaban J connectivity index is 2.03. The van der Waals surface area contributed by atoms with Gasteiger partial charge in [-0.1, -0.05) is 18.2 Å². The number of esters is 1. The molecule has 1 aliphatic rings. The molecule has 0 atom stereocenters. The minimum absolute atomic E-state index is 0.299. The van der Waals surface area contributed by atoms with Crippen LogP contribution in [0.1, 0.15) is 23.2 Å². The number of hydrogen-bond acceptors (Lipinski definition) is 3. The summed E-state index contributed by atoms with van der Waals surface area (Å²) in [7, 11) is 3.45. The highest BCUT2D eigenvalue weighted by molar-refractivity contribution is 5.89. The van der Waals surface area contributed by atoms with E-state index < -0.39 is 0 Å². The van der Waals surface area contributed by atoms with Crippen LogP contribution in [0.25, 0.3) is 0 Å². The summed E-state index contributed by atoms with van der Waals surface area (Å²) in [6.07, 6.45) is 8.94. The summed E-state index contributed by atoms with van der Waals surface area (Å²) < 4.78 is 4.69. The fourth-order valence-electron chi connectivity index (χ4n) is 2.12. The number of benzene rings is 1. The zero-order valence-corrected chi connectivity index (χ0v) is 11.4. The van der Waals surface area contributed by atoms with Gasteiger partial charge in [-0.15, -0.1) is 0 Å². The summed E-state index contributed by atoms with van der Waals surface area (Å²) in [6, 6.07) is 7.48. The van der Waals surface area contributed by atoms with Crippen molar-refractivity contribution in [2.24, 2.45) is 0 Å². The summed E-state index contributed by atoms with van der Waals surface area (Å²) >= 11 is 0. The Kier molecular flexibility index (Phi) is 4.39. The van der Waals surface area contributed by atoms with E-state index in [4.69, 9.17) is 0 Å². The highest BCUT2D eigenvalue weighted by Gasteiger charge is 2.07. The summed E-state index contributed by atoms with van der Waals surface area (Å²) in [5, 5.41) is 0. The van der Waals surface area contributed by atoms with E-state index in [-0.39, 0.29) is 5.97 Å². The molecule has 19 heavy (non-hydrogen) atoms. The molecule has 0 amide bonds. The molecular weight excluding hydrogens is 238 g/mol. The van der Waals surface area contributed by atoms with Gasteiger partial charge in [-0.25, -0.2) is 4.79 Å². The van der Waals surface area contributed by atoms with E-state index in [1.807, 2.05) is 12.1 Å². The van der Waals surface area contributed by atoms with Gasteiger partial charge in [0.05, 0.1) is 12.7 Å². The molecule has 3 heteroatoms. The van der Waals surface area contributed by atoms with Gasteiger partial charge in [0.2, 0.25) is 0 Å². The van der Waals surface area contributed by atoms with Crippen LogP contribution in [0.4, 0.5) is 5.69 Å². The molecule has 0 aliphatic heterocycles. The number of allylic oxidation sites excluding steroid dienone is 2. The van der Waals surface area contributed by atoms with Crippen molar-refractivity contribution in [1.29, 1.82) is 0 Å². The standard InChI is InChI=1S/C16H19NO2/c1-17(12-13-6-4-3-5-7-13)15-10-8-14(9-11-15)16(18)19-2/h4,6-11H,3,5,12H2,1-2H3. The molecule has 0 heterocycles. The molecule has 1 aliphatic carbocycles. The fraction of sp³-hybridized carbons (Fsp3) is 0.312. The average Bonchev–Trinajstić information content (AvgIpc) is 2.47. The number of nitrogens with zero attached hydrogens (tertiary/aromatic N) is 1. The van der Waals surface area contributed by atoms with Crippen LogP contribution in [0.3, 0.4) is 0 Å².